The molecule has 0 bridgehead atoms. The average molecular weight is 881 g/mol. The van der Waals surface area contributed by atoms with E-state index in [4.69, 9.17) is 15.2 Å². The Morgan fingerprint density at radius 2 is 1.81 bits per heavy atom. The number of aliphatic carboxylic acids is 1. The van der Waals surface area contributed by atoms with Crippen LogP contribution in [0.15, 0.2) is 91.4 Å². The van der Waals surface area contributed by atoms with E-state index in [1.165, 1.54) is 24.3 Å². The lowest BCUT2D eigenvalue weighted by molar-refractivity contribution is -0.422. The van der Waals surface area contributed by atoms with Crippen molar-refractivity contribution in [3.8, 4) is 17.2 Å². The Balaban J connectivity index is 1.13. The van der Waals surface area contributed by atoms with Crippen molar-refractivity contribution in [2.75, 3.05) is 23.4 Å². The number of rotatable bonds is 15. The molecular formula is C46H52N6O12. The number of carboxylic acid groups (broad SMARTS) is 1. The number of ether oxygens (including phenoxy) is 2. The SMILES string of the molecule is NC1CCCC1(CC1c2cc(O)c(OC3(O)OC(CO)C(O)C(O)C3O)cc2N(C(=O)C=Cc2ccc(O)c(Cc3[nH]cnc3CCNc3ccc[nH]3)c2)C1C(=O)O)c1ccccc1. The van der Waals surface area contributed by atoms with E-state index in [2.05, 4.69) is 20.3 Å². The van der Waals surface area contributed by atoms with Crippen LogP contribution in [0.25, 0.3) is 6.08 Å². The van der Waals surface area contributed by atoms with Gasteiger partial charge in [0.1, 0.15) is 35.9 Å². The number of hydrogen-bond acceptors (Lipinski definition) is 14. The lowest BCUT2D eigenvalue weighted by Crippen LogP contribution is -2.67. The number of phenolic OH excluding ortho intramolecular Hbond substituents is 2. The third-order valence-electron chi connectivity index (χ3n) is 12.9. The standard InChI is InChI=1S/C46H52N6O12/c47-37-8-4-15-45(37,27-6-2-1-3-7-27)22-29-28-20-34(55)35(63-46(62)43(59)42(58)41(57)36(23-53)64-46)21-32(28)52(40(29)44(60)61)39(56)13-11-25-10-12-33(54)26(18-25)19-31-30(50-24-51-31)14-17-49-38-9-5-16-48-38/h1-3,5-7,9-13,16,18,20-21,24,29,36-37,40-43,48-49,53-55,57-59,62H,4,8,14-15,17,19,22-23,47H2,(H,50,51)(H,60,61). The minimum atomic E-state index is -3.13. The first kappa shape index (κ1) is 44.4. The van der Waals surface area contributed by atoms with E-state index in [1.54, 1.807) is 18.5 Å². The lowest BCUT2D eigenvalue weighted by atomic mass is 9.68. The third-order valence-corrected chi connectivity index (χ3v) is 12.9. The molecule has 9 unspecified atom stereocenters. The van der Waals surface area contributed by atoms with E-state index in [1.807, 2.05) is 48.7 Å². The summed E-state index contributed by atoms with van der Waals surface area (Å²) in [4.78, 5) is 39.8. The van der Waals surface area contributed by atoms with Gasteiger partial charge in [-0.1, -0.05) is 42.8 Å². The second kappa shape index (κ2) is 18.1. The number of aliphatic hydroxyl groups excluding tert-OH is 4. The van der Waals surface area contributed by atoms with Crippen LogP contribution in [0, 0.1) is 0 Å². The molecule has 3 aromatic carbocycles. The van der Waals surface area contributed by atoms with Crippen LogP contribution >= 0.6 is 0 Å². The van der Waals surface area contributed by atoms with E-state index < -0.39 is 77.7 Å². The lowest BCUT2D eigenvalue weighted by Gasteiger charge is -2.44. The molecule has 1 amide bonds. The molecule has 2 aromatic heterocycles. The first-order valence-electron chi connectivity index (χ1n) is 21.1. The Bertz CT molecular complexity index is 2480. The maximum Gasteiger partial charge on any atom is 0.355 e. The topological polar surface area (TPSA) is 300 Å². The van der Waals surface area contributed by atoms with Crippen molar-refractivity contribution in [3.05, 3.63) is 125 Å². The molecule has 2 fully saturated rings. The Kier molecular flexibility index (Phi) is 12.5. The van der Waals surface area contributed by atoms with E-state index in [0.29, 0.717) is 43.4 Å². The van der Waals surface area contributed by atoms with Crippen LogP contribution in [0.1, 0.15) is 65.2 Å². The van der Waals surface area contributed by atoms with Crippen LogP contribution < -0.4 is 20.7 Å². The fourth-order valence-electron chi connectivity index (χ4n) is 9.54. The Morgan fingerprint density at radius 3 is 2.52 bits per heavy atom. The second-order valence-corrected chi connectivity index (χ2v) is 16.7. The van der Waals surface area contributed by atoms with Crippen LogP contribution in [0.3, 0.4) is 0 Å². The molecule has 64 heavy (non-hydrogen) atoms. The summed E-state index contributed by atoms with van der Waals surface area (Å²) in [5.41, 5.74) is 9.95. The fraction of sp³-hybridized carbons (Fsp3) is 0.370. The number of phenols is 2. The van der Waals surface area contributed by atoms with Gasteiger partial charge in [0.25, 0.3) is 5.91 Å². The smallest absolute Gasteiger partial charge is 0.355 e. The predicted molar refractivity (Wildman–Crippen MR) is 231 cm³/mol. The van der Waals surface area contributed by atoms with Gasteiger partial charge in [-0.2, -0.15) is 0 Å². The zero-order valence-electron chi connectivity index (χ0n) is 34.6. The van der Waals surface area contributed by atoms with Crippen molar-refractivity contribution in [2.24, 2.45) is 5.73 Å². The van der Waals surface area contributed by atoms with Gasteiger partial charge in [-0.3, -0.25) is 9.69 Å². The predicted octanol–water partition coefficient (Wildman–Crippen LogP) is 2.33. The van der Waals surface area contributed by atoms with Crippen molar-refractivity contribution in [1.82, 2.24) is 15.0 Å². The molecule has 4 heterocycles. The summed E-state index contributed by atoms with van der Waals surface area (Å²) < 4.78 is 10.9. The zero-order chi connectivity index (χ0) is 45.3. The molecule has 338 valence electrons. The summed E-state index contributed by atoms with van der Waals surface area (Å²) in [5.74, 6) is -6.52. The normalized spacial score (nSPS) is 27.8. The van der Waals surface area contributed by atoms with Gasteiger partial charge in [0.05, 0.1) is 24.3 Å². The summed E-state index contributed by atoms with van der Waals surface area (Å²) in [6.45, 7) is -0.289. The van der Waals surface area contributed by atoms with Gasteiger partial charge >= 0.3 is 11.9 Å². The monoisotopic (exact) mass is 880 g/mol. The van der Waals surface area contributed by atoms with E-state index >= 15 is 0 Å². The number of carbonyl (C=O) groups is 2. The number of aromatic nitrogens is 3. The van der Waals surface area contributed by atoms with Crippen LogP contribution in [0.2, 0.25) is 0 Å². The summed E-state index contributed by atoms with van der Waals surface area (Å²) >= 11 is 0. The van der Waals surface area contributed by atoms with Gasteiger partial charge in [0.15, 0.2) is 17.6 Å². The molecule has 1 saturated carbocycles. The Morgan fingerprint density at radius 1 is 1.02 bits per heavy atom. The molecule has 9 atom stereocenters. The van der Waals surface area contributed by atoms with Gasteiger partial charge in [-0.15, -0.1) is 0 Å². The van der Waals surface area contributed by atoms with Crippen LogP contribution in [-0.2, 0) is 32.6 Å². The number of imidazole rings is 1. The molecule has 0 spiro atoms. The van der Waals surface area contributed by atoms with Crippen LogP contribution in [-0.4, -0.2) is 123 Å². The molecule has 18 nitrogen and oxygen atoms in total. The van der Waals surface area contributed by atoms with Gasteiger partial charge in [0.2, 0.25) is 0 Å². The second-order valence-electron chi connectivity index (χ2n) is 16.7. The van der Waals surface area contributed by atoms with Crippen molar-refractivity contribution in [1.29, 1.82) is 0 Å². The van der Waals surface area contributed by atoms with Crippen molar-refractivity contribution in [3.63, 3.8) is 0 Å². The number of aliphatic hydroxyl groups is 5. The Hall–Kier alpha value is -6.25. The highest BCUT2D eigenvalue weighted by molar-refractivity contribution is 6.10. The van der Waals surface area contributed by atoms with Gasteiger partial charge in [0, 0.05) is 66.4 Å². The number of fused-ring (bicyclic) bond motifs is 1. The molecule has 8 rings (SSSR count). The molecule has 2 aliphatic heterocycles. The van der Waals surface area contributed by atoms with Crippen LogP contribution in [0.5, 0.6) is 17.2 Å². The number of nitrogens with two attached hydrogens (primary N) is 1. The fourth-order valence-corrected chi connectivity index (χ4v) is 9.54. The maximum atomic E-state index is 14.6. The number of benzene rings is 3. The van der Waals surface area contributed by atoms with E-state index in [-0.39, 0.29) is 29.5 Å². The number of hydrogen-bond donors (Lipinski definition) is 12. The first-order chi connectivity index (χ1) is 30.7. The van der Waals surface area contributed by atoms with Gasteiger partial charge in [-0.25, -0.2) is 9.78 Å². The molecule has 1 saturated heterocycles. The first-order valence-corrected chi connectivity index (χ1v) is 21.1. The number of aromatic hydroxyl groups is 2. The molecule has 0 radical (unpaired) electrons. The third kappa shape index (κ3) is 8.44. The maximum absolute atomic E-state index is 14.6. The summed E-state index contributed by atoms with van der Waals surface area (Å²) in [6.07, 6.45) is 1.42. The highest BCUT2D eigenvalue weighted by Crippen LogP contribution is 2.54. The van der Waals surface area contributed by atoms with Crippen molar-refractivity contribution < 1.29 is 59.9 Å². The highest BCUT2D eigenvalue weighted by Gasteiger charge is 2.56. The zero-order valence-corrected chi connectivity index (χ0v) is 34.6. The molecule has 3 aliphatic rings. The number of nitrogens with one attached hydrogen (secondary N) is 3. The van der Waals surface area contributed by atoms with Crippen molar-refractivity contribution >= 4 is 29.5 Å². The number of nitrogens with zero attached hydrogens (tertiary/aromatic N) is 2. The van der Waals surface area contributed by atoms with Gasteiger partial charge in [-0.05, 0) is 72.4 Å². The number of carboxylic acids is 1. The number of H-pyrrole nitrogens is 2. The van der Waals surface area contributed by atoms with Gasteiger partial charge < -0.3 is 71.3 Å². The summed E-state index contributed by atoms with van der Waals surface area (Å²) in [7, 11) is 0. The molecule has 5 aromatic rings. The van der Waals surface area contributed by atoms with Crippen molar-refractivity contribution in [2.45, 2.75) is 92.3 Å². The quantitative estimate of drug-likeness (QED) is 0.0531. The van der Waals surface area contributed by atoms with E-state index in [9.17, 15) is 50.4 Å². The van der Waals surface area contributed by atoms with Crippen LogP contribution in [0.4, 0.5) is 11.5 Å². The molecule has 1 aliphatic carbocycles. The summed E-state index contributed by atoms with van der Waals surface area (Å²) in [6, 6.07) is 18.6. The number of carbonyl (C=O) groups excluding carboxylic acids is 1. The highest BCUT2D eigenvalue weighted by atomic mass is 16.8. The number of amides is 1. The minimum Gasteiger partial charge on any atom is -0.508 e. The number of anilines is 2. The van der Waals surface area contributed by atoms with E-state index in [0.717, 1.165) is 40.2 Å². The number of aromatic amines is 2. The summed E-state index contributed by atoms with van der Waals surface area (Å²) in [5, 5.41) is 89.2. The molecule has 18 heteroatoms. The average Bonchev–Trinajstić information content (AvgIpc) is 4.10. The molecular weight excluding hydrogens is 829 g/mol. The molecule has 13 N–H and O–H groups in total. The largest absolute Gasteiger partial charge is 0.508 e. The minimum absolute atomic E-state index is 0.00764. The Labute approximate surface area is 367 Å².